The first kappa shape index (κ1) is 17.6. The van der Waals surface area contributed by atoms with Crippen LogP contribution in [0.2, 0.25) is 0 Å². The summed E-state index contributed by atoms with van der Waals surface area (Å²) >= 11 is 0. The predicted molar refractivity (Wildman–Crippen MR) is 60.4 cm³/mol. The fourth-order valence-electron chi connectivity index (χ4n) is 1.43. The molecule has 0 atom stereocenters. The Morgan fingerprint density at radius 1 is 1.30 bits per heavy atom. The molecule has 0 aliphatic heterocycles. The minimum Gasteiger partial charge on any atom is -0.483 e. The predicted octanol–water partition coefficient (Wildman–Crippen LogP) is -1.41. The van der Waals surface area contributed by atoms with Crippen molar-refractivity contribution in [1.29, 1.82) is 0 Å². The van der Waals surface area contributed by atoms with Crippen molar-refractivity contribution in [2.24, 2.45) is 7.05 Å². The molecule has 102 valence electrons. The van der Waals surface area contributed by atoms with Crippen molar-refractivity contribution < 1.29 is 73.5 Å². The van der Waals surface area contributed by atoms with E-state index in [0.29, 0.717) is 18.0 Å². The third kappa shape index (κ3) is 4.29. The molecule has 1 aromatic heterocycles. The van der Waals surface area contributed by atoms with E-state index in [-0.39, 0.29) is 58.0 Å². The van der Waals surface area contributed by atoms with E-state index in [0.717, 1.165) is 6.07 Å². The van der Waals surface area contributed by atoms with Crippen LogP contribution in [0, 0.1) is 5.82 Å². The molecule has 0 amide bonds. The van der Waals surface area contributed by atoms with E-state index in [2.05, 4.69) is 10.1 Å². The van der Waals surface area contributed by atoms with Crippen LogP contribution in [0.4, 0.5) is 17.3 Å². The summed E-state index contributed by atoms with van der Waals surface area (Å²) in [4.78, 5) is 3.82. The van der Waals surface area contributed by atoms with E-state index in [1.165, 1.54) is 11.0 Å². The largest absolute Gasteiger partial charge is 1.00 e. The molecule has 0 N–H and O–H groups in total. The summed E-state index contributed by atoms with van der Waals surface area (Å²) in [5.41, 5.74) is -0.908. The smallest absolute Gasteiger partial charge is 0.483 e. The number of aryl methyl sites for hydroxylation is 1. The normalized spacial score (nSPS) is 11.1. The first-order chi connectivity index (χ1) is 8.88. The molecule has 0 spiro atoms. The van der Waals surface area contributed by atoms with Crippen molar-refractivity contribution in [2.75, 3.05) is 0 Å². The Morgan fingerprint density at radius 2 is 2.00 bits per heavy atom. The van der Waals surface area contributed by atoms with Crippen molar-refractivity contribution in [3.8, 4) is 5.75 Å². The van der Waals surface area contributed by atoms with Crippen molar-refractivity contribution in [3.05, 3.63) is 36.2 Å². The van der Waals surface area contributed by atoms with E-state index in [1.807, 2.05) is 0 Å². The molecule has 1 heterocycles. The van der Waals surface area contributed by atoms with Gasteiger partial charge >= 0.3 is 58.4 Å². The summed E-state index contributed by atoms with van der Waals surface area (Å²) in [6.45, 7) is -5.35. The van der Waals surface area contributed by atoms with Crippen molar-refractivity contribution in [3.63, 3.8) is 0 Å². The van der Waals surface area contributed by atoms with Gasteiger partial charge in [-0.2, -0.15) is 5.10 Å². The van der Waals surface area contributed by atoms with Gasteiger partial charge in [0.2, 0.25) is 0 Å². The minimum absolute atomic E-state index is 0. The summed E-state index contributed by atoms with van der Waals surface area (Å²) < 4.78 is 57.4. The molecule has 0 saturated heterocycles. The van der Waals surface area contributed by atoms with Crippen molar-refractivity contribution in [2.45, 2.75) is 6.61 Å². The zero-order chi connectivity index (χ0) is 14.0. The van der Waals surface area contributed by atoms with Gasteiger partial charge in [-0.1, -0.05) is 6.07 Å². The maximum atomic E-state index is 13.4. The summed E-state index contributed by atoms with van der Waals surface area (Å²) in [6, 6.07) is 2.06. The monoisotopic (exact) mass is 313 g/mol. The van der Waals surface area contributed by atoms with Crippen molar-refractivity contribution in [1.82, 2.24) is 14.8 Å². The molecule has 2 aromatic rings. The van der Waals surface area contributed by atoms with Gasteiger partial charge in [-0.15, -0.1) is 5.46 Å². The Morgan fingerprint density at radius 3 is 2.55 bits per heavy atom. The molecule has 0 bridgehead atoms. The Balaban J connectivity index is 0.00000200. The minimum atomic E-state index is -5.19. The van der Waals surface area contributed by atoms with E-state index >= 15 is 0 Å². The van der Waals surface area contributed by atoms with Gasteiger partial charge in [-0.3, -0.25) is 4.68 Å². The van der Waals surface area contributed by atoms with E-state index in [4.69, 9.17) is 4.74 Å². The second-order valence-electron chi connectivity index (χ2n) is 3.85. The zero-order valence-electron chi connectivity index (χ0n) is 10.9. The van der Waals surface area contributed by atoms with Gasteiger partial charge in [-0.05, 0) is 12.1 Å². The Hall–Kier alpha value is -0.419. The summed E-state index contributed by atoms with van der Waals surface area (Å²) in [5.74, 6) is -0.937. The summed E-state index contributed by atoms with van der Waals surface area (Å²) in [6.07, 6.45) is 1.27. The quantitative estimate of drug-likeness (QED) is 0.514. The maximum absolute atomic E-state index is 13.4. The van der Waals surface area contributed by atoms with Crippen LogP contribution in [0.1, 0.15) is 5.82 Å². The van der Waals surface area contributed by atoms with Gasteiger partial charge in [0.05, 0.1) is 0 Å². The molecule has 10 heteroatoms. The standard InChI is InChI=1S/C10H9BF4N3O.K/c1-18-10(16-6-17-18)5-19-9-4-7(11(13,14)15)2-3-8(9)12;/h2-4,6H,5H2,1H3;/q-1;+1. The number of benzene rings is 1. The first-order valence-corrected chi connectivity index (χ1v) is 5.33. The average Bonchev–Trinajstić information content (AvgIpc) is 2.72. The first-order valence-electron chi connectivity index (χ1n) is 5.33. The van der Waals surface area contributed by atoms with Crippen LogP contribution in [-0.2, 0) is 13.7 Å². The number of ether oxygens (including phenoxy) is 1. The van der Waals surface area contributed by atoms with Crippen LogP contribution in [0.3, 0.4) is 0 Å². The van der Waals surface area contributed by atoms with Crippen LogP contribution >= 0.6 is 0 Å². The number of halogens is 4. The molecule has 0 unspecified atom stereocenters. The number of rotatable bonds is 4. The molecule has 0 aliphatic carbocycles. The molecule has 2 rings (SSSR count). The molecule has 20 heavy (non-hydrogen) atoms. The molecule has 0 fully saturated rings. The van der Waals surface area contributed by atoms with Gasteiger partial charge in [0.25, 0.3) is 0 Å². The molecule has 0 aliphatic rings. The number of hydrogen-bond donors (Lipinski definition) is 0. The fraction of sp³-hybridized carbons (Fsp3) is 0.200. The Labute approximate surface area is 155 Å². The third-order valence-electron chi connectivity index (χ3n) is 2.50. The molecule has 0 saturated carbocycles. The second-order valence-corrected chi connectivity index (χ2v) is 3.85. The van der Waals surface area contributed by atoms with Crippen LogP contribution < -0.4 is 61.6 Å². The fourth-order valence-corrected chi connectivity index (χ4v) is 1.43. The molecule has 1 aromatic carbocycles. The van der Waals surface area contributed by atoms with Gasteiger partial charge in [0.1, 0.15) is 12.9 Å². The number of hydrogen-bond acceptors (Lipinski definition) is 3. The van der Waals surface area contributed by atoms with Crippen LogP contribution in [0.5, 0.6) is 5.75 Å². The van der Waals surface area contributed by atoms with Gasteiger partial charge in [0, 0.05) is 7.05 Å². The Bertz CT molecular complexity index is 590. The summed E-state index contributed by atoms with van der Waals surface area (Å²) in [5, 5.41) is 3.76. The molecule has 0 radical (unpaired) electrons. The molecular weight excluding hydrogens is 304 g/mol. The second kappa shape index (κ2) is 7.03. The SMILES string of the molecule is Cn1ncnc1COc1cc([B-](F)(F)F)ccc1F.[K+]. The zero-order valence-corrected chi connectivity index (χ0v) is 14.0. The van der Waals surface area contributed by atoms with Gasteiger partial charge < -0.3 is 17.7 Å². The maximum Gasteiger partial charge on any atom is 1.00 e. The Kier molecular flexibility index (Phi) is 6.20. The van der Waals surface area contributed by atoms with Crippen LogP contribution in [0.25, 0.3) is 0 Å². The molecular formula is C10H9BF4KN3O. The van der Waals surface area contributed by atoms with Crippen molar-refractivity contribution >= 4 is 12.4 Å². The van der Waals surface area contributed by atoms with E-state index in [1.54, 1.807) is 7.05 Å². The van der Waals surface area contributed by atoms with Crippen LogP contribution in [-0.4, -0.2) is 21.7 Å². The third-order valence-corrected chi connectivity index (χ3v) is 2.50. The molecule has 4 nitrogen and oxygen atoms in total. The van der Waals surface area contributed by atoms with E-state index < -0.39 is 24.0 Å². The summed E-state index contributed by atoms with van der Waals surface area (Å²) in [7, 11) is 1.59. The number of nitrogens with zero attached hydrogens (tertiary/aromatic N) is 3. The number of aromatic nitrogens is 3. The van der Waals surface area contributed by atoms with Gasteiger partial charge in [-0.25, -0.2) is 9.37 Å². The topological polar surface area (TPSA) is 39.9 Å². The van der Waals surface area contributed by atoms with Gasteiger partial charge in [0.15, 0.2) is 17.4 Å². The van der Waals surface area contributed by atoms with Crippen LogP contribution in [0.15, 0.2) is 24.5 Å². The van der Waals surface area contributed by atoms with E-state index in [9.17, 15) is 17.3 Å². The average molecular weight is 313 g/mol.